The van der Waals surface area contributed by atoms with E-state index in [-0.39, 0.29) is 5.66 Å². The Kier molecular flexibility index (Phi) is 2.90. The van der Waals surface area contributed by atoms with Crippen LogP contribution in [0, 0.1) is 11.8 Å². The number of hydrogen-bond donors (Lipinski definition) is 2. The van der Waals surface area contributed by atoms with Gasteiger partial charge in [0.25, 0.3) is 0 Å². The lowest BCUT2D eigenvalue weighted by atomic mass is 10.1. The SMILES string of the molecule is CC(C)CCN1NC(C)(C2CC2)NC1=S. The first-order valence-corrected chi connectivity index (χ1v) is 6.29. The van der Waals surface area contributed by atoms with Crippen molar-refractivity contribution in [2.24, 2.45) is 11.8 Å². The van der Waals surface area contributed by atoms with Gasteiger partial charge in [0.2, 0.25) is 0 Å². The average molecular weight is 227 g/mol. The summed E-state index contributed by atoms with van der Waals surface area (Å²) in [6, 6.07) is 0. The highest BCUT2D eigenvalue weighted by Gasteiger charge is 2.47. The Bertz CT molecular complexity index is 263. The third-order valence-corrected chi connectivity index (χ3v) is 3.63. The molecule has 1 aliphatic heterocycles. The van der Waals surface area contributed by atoms with Crippen molar-refractivity contribution < 1.29 is 0 Å². The van der Waals surface area contributed by atoms with Gasteiger partial charge in [-0.1, -0.05) is 13.8 Å². The van der Waals surface area contributed by atoms with Crippen molar-refractivity contribution in [1.29, 1.82) is 0 Å². The molecule has 86 valence electrons. The molecule has 2 fully saturated rings. The van der Waals surface area contributed by atoms with Gasteiger partial charge in [0.05, 0.1) is 0 Å². The zero-order valence-corrected chi connectivity index (χ0v) is 10.7. The van der Waals surface area contributed by atoms with Crippen molar-refractivity contribution in [3.8, 4) is 0 Å². The monoisotopic (exact) mass is 227 g/mol. The molecule has 0 aromatic rings. The van der Waals surface area contributed by atoms with E-state index in [4.69, 9.17) is 12.2 Å². The molecule has 4 heteroatoms. The highest BCUT2D eigenvalue weighted by atomic mass is 32.1. The summed E-state index contributed by atoms with van der Waals surface area (Å²) in [5.41, 5.74) is 3.54. The smallest absolute Gasteiger partial charge is 0.185 e. The summed E-state index contributed by atoms with van der Waals surface area (Å²) in [6.45, 7) is 7.71. The molecule has 0 aromatic carbocycles. The number of hydrazine groups is 1. The predicted molar refractivity (Wildman–Crippen MR) is 66.2 cm³/mol. The second-order valence-electron chi connectivity index (χ2n) is 5.35. The minimum atomic E-state index is 0.0219. The second-order valence-corrected chi connectivity index (χ2v) is 5.74. The van der Waals surface area contributed by atoms with Crippen molar-refractivity contribution in [2.75, 3.05) is 6.54 Å². The Balaban J connectivity index is 1.89. The molecule has 0 aromatic heterocycles. The zero-order chi connectivity index (χ0) is 11.1. The Labute approximate surface area is 97.6 Å². The molecule has 1 saturated carbocycles. The molecule has 3 nitrogen and oxygen atoms in total. The first-order chi connectivity index (χ1) is 7.01. The van der Waals surface area contributed by atoms with Crippen LogP contribution in [-0.2, 0) is 0 Å². The van der Waals surface area contributed by atoms with Gasteiger partial charge < -0.3 is 5.32 Å². The molecule has 1 aliphatic carbocycles. The lowest BCUT2D eigenvalue weighted by Crippen LogP contribution is -2.50. The zero-order valence-electron chi connectivity index (χ0n) is 9.84. The van der Waals surface area contributed by atoms with Crippen LogP contribution in [0.25, 0.3) is 0 Å². The van der Waals surface area contributed by atoms with Gasteiger partial charge in [0.1, 0.15) is 5.66 Å². The first kappa shape index (κ1) is 11.1. The largest absolute Gasteiger partial charge is 0.342 e. The van der Waals surface area contributed by atoms with Crippen LogP contribution < -0.4 is 10.7 Å². The lowest BCUT2D eigenvalue weighted by Gasteiger charge is -2.25. The average Bonchev–Trinajstić information content (AvgIpc) is 2.91. The quantitative estimate of drug-likeness (QED) is 0.717. The third kappa shape index (κ3) is 2.42. The van der Waals surface area contributed by atoms with E-state index >= 15 is 0 Å². The Morgan fingerprint density at radius 1 is 1.53 bits per heavy atom. The molecule has 1 heterocycles. The molecule has 1 saturated heterocycles. The molecule has 1 atom stereocenters. The van der Waals surface area contributed by atoms with Gasteiger partial charge in [0.15, 0.2) is 5.11 Å². The molecule has 2 rings (SSSR count). The number of thiocarbonyl (C=S) groups is 1. The van der Waals surface area contributed by atoms with Gasteiger partial charge in [-0.05, 0) is 50.2 Å². The van der Waals surface area contributed by atoms with E-state index in [0.29, 0.717) is 0 Å². The predicted octanol–water partition coefficient (Wildman–Crippen LogP) is 1.85. The number of hydrogen-bond acceptors (Lipinski definition) is 2. The van der Waals surface area contributed by atoms with E-state index in [1.54, 1.807) is 0 Å². The van der Waals surface area contributed by atoms with E-state index in [1.807, 2.05) is 0 Å². The molecule has 0 spiro atoms. The number of nitrogens with one attached hydrogen (secondary N) is 2. The molecule has 2 N–H and O–H groups in total. The van der Waals surface area contributed by atoms with E-state index in [0.717, 1.165) is 23.5 Å². The summed E-state index contributed by atoms with van der Waals surface area (Å²) in [6.07, 6.45) is 3.81. The summed E-state index contributed by atoms with van der Waals surface area (Å²) in [4.78, 5) is 0. The number of rotatable bonds is 4. The highest BCUT2D eigenvalue weighted by molar-refractivity contribution is 7.80. The van der Waals surface area contributed by atoms with E-state index in [2.05, 4.69) is 36.5 Å². The van der Waals surface area contributed by atoms with Gasteiger partial charge in [-0.3, -0.25) is 5.01 Å². The van der Waals surface area contributed by atoms with E-state index in [9.17, 15) is 0 Å². The van der Waals surface area contributed by atoms with Crippen LogP contribution in [0.2, 0.25) is 0 Å². The lowest BCUT2D eigenvalue weighted by molar-refractivity contribution is 0.203. The standard InChI is InChI=1S/C11H21N3S/c1-8(2)6-7-14-10(15)12-11(3,13-14)9-4-5-9/h8-9,13H,4-7H2,1-3H3,(H,12,15). The summed E-state index contributed by atoms with van der Waals surface area (Å²) in [5.74, 6) is 1.47. The van der Waals surface area contributed by atoms with E-state index < -0.39 is 0 Å². The molecule has 0 radical (unpaired) electrons. The van der Waals surface area contributed by atoms with Crippen molar-refractivity contribution in [1.82, 2.24) is 15.8 Å². The summed E-state index contributed by atoms with van der Waals surface area (Å²) >= 11 is 5.34. The summed E-state index contributed by atoms with van der Waals surface area (Å²) in [7, 11) is 0. The van der Waals surface area contributed by atoms with E-state index in [1.165, 1.54) is 19.3 Å². The van der Waals surface area contributed by atoms with Crippen LogP contribution in [0.1, 0.15) is 40.0 Å². The topological polar surface area (TPSA) is 27.3 Å². The molecule has 0 bridgehead atoms. The minimum Gasteiger partial charge on any atom is -0.342 e. The van der Waals surface area contributed by atoms with Crippen molar-refractivity contribution in [3.05, 3.63) is 0 Å². The fourth-order valence-electron chi connectivity index (χ4n) is 2.05. The van der Waals surface area contributed by atoms with Gasteiger partial charge in [0, 0.05) is 6.54 Å². The van der Waals surface area contributed by atoms with Crippen LogP contribution >= 0.6 is 12.2 Å². The maximum Gasteiger partial charge on any atom is 0.185 e. The van der Waals surface area contributed by atoms with Crippen LogP contribution in [0.15, 0.2) is 0 Å². The van der Waals surface area contributed by atoms with Gasteiger partial charge in [-0.25, -0.2) is 5.43 Å². The maximum absolute atomic E-state index is 5.34. The molecule has 0 amide bonds. The van der Waals surface area contributed by atoms with Gasteiger partial charge >= 0.3 is 0 Å². The molecule has 2 aliphatic rings. The Morgan fingerprint density at radius 3 is 2.73 bits per heavy atom. The van der Waals surface area contributed by atoms with Gasteiger partial charge in [-0.2, -0.15) is 0 Å². The number of nitrogens with zero attached hydrogens (tertiary/aromatic N) is 1. The summed E-state index contributed by atoms with van der Waals surface area (Å²) < 4.78 is 0. The van der Waals surface area contributed by atoms with Crippen LogP contribution in [0.5, 0.6) is 0 Å². The third-order valence-electron chi connectivity index (χ3n) is 3.30. The van der Waals surface area contributed by atoms with Crippen molar-refractivity contribution in [2.45, 2.75) is 45.7 Å². The fraction of sp³-hybridized carbons (Fsp3) is 0.909. The Morgan fingerprint density at radius 2 is 2.20 bits per heavy atom. The fourth-order valence-corrected chi connectivity index (χ4v) is 2.40. The van der Waals surface area contributed by atoms with Crippen LogP contribution in [-0.4, -0.2) is 22.3 Å². The minimum absolute atomic E-state index is 0.0219. The Hall–Kier alpha value is -0.350. The highest BCUT2D eigenvalue weighted by Crippen LogP contribution is 2.39. The molecular weight excluding hydrogens is 206 g/mol. The molecule has 1 unspecified atom stereocenters. The van der Waals surface area contributed by atoms with Crippen molar-refractivity contribution >= 4 is 17.3 Å². The summed E-state index contributed by atoms with van der Waals surface area (Å²) in [5, 5.41) is 6.38. The molecular formula is C11H21N3S. The molecule has 15 heavy (non-hydrogen) atoms. The van der Waals surface area contributed by atoms with Crippen LogP contribution in [0.4, 0.5) is 0 Å². The van der Waals surface area contributed by atoms with Crippen molar-refractivity contribution in [3.63, 3.8) is 0 Å². The van der Waals surface area contributed by atoms with Gasteiger partial charge in [-0.15, -0.1) is 0 Å². The maximum atomic E-state index is 5.34. The normalized spacial score (nSPS) is 31.2. The second kappa shape index (κ2) is 3.91. The first-order valence-electron chi connectivity index (χ1n) is 5.89. The van der Waals surface area contributed by atoms with Crippen LogP contribution in [0.3, 0.4) is 0 Å².